The predicted octanol–water partition coefficient (Wildman–Crippen LogP) is 6.12. The summed E-state index contributed by atoms with van der Waals surface area (Å²) in [6.07, 6.45) is -0.966. The lowest BCUT2D eigenvalue weighted by Crippen LogP contribution is -2.26. The Kier molecular flexibility index (Phi) is 8.64. The molecule has 3 aromatic heterocycles. The molecule has 2 N–H and O–H groups in total. The molecule has 11 nitrogen and oxygen atoms in total. The van der Waals surface area contributed by atoms with Crippen LogP contribution in [0, 0.1) is 17.2 Å². The van der Waals surface area contributed by atoms with Gasteiger partial charge < -0.3 is 29.2 Å². The number of alkyl halides is 3. The van der Waals surface area contributed by atoms with Crippen LogP contribution in [0.15, 0.2) is 77.9 Å². The van der Waals surface area contributed by atoms with Gasteiger partial charge in [-0.25, -0.2) is 4.98 Å². The summed E-state index contributed by atoms with van der Waals surface area (Å²) in [7, 11) is 1.53. The van der Waals surface area contributed by atoms with Gasteiger partial charge in [0.1, 0.15) is 28.6 Å². The van der Waals surface area contributed by atoms with Gasteiger partial charge in [-0.15, -0.1) is 0 Å². The highest BCUT2D eigenvalue weighted by molar-refractivity contribution is 5.94. The van der Waals surface area contributed by atoms with Crippen LogP contribution in [0.5, 0.6) is 11.5 Å². The van der Waals surface area contributed by atoms with E-state index in [1.165, 1.54) is 17.8 Å². The first-order valence-corrected chi connectivity index (χ1v) is 14.7. The molecule has 6 rings (SSSR count). The number of carbonyl (C=O) groups excluding carboxylic acids is 1. The molecule has 1 aliphatic rings. The van der Waals surface area contributed by atoms with Crippen LogP contribution < -0.4 is 20.9 Å². The third-order valence-corrected chi connectivity index (χ3v) is 7.50. The maximum absolute atomic E-state index is 13.8. The average Bonchev–Trinajstić information content (AvgIpc) is 3.86. The van der Waals surface area contributed by atoms with Gasteiger partial charge in [0.15, 0.2) is 11.4 Å². The first-order valence-electron chi connectivity index (χ1n) is 14.7. The van der Waals surface area contributed by atoms with Gasteiger partial charge in [-0.05, 0) is 36.6 Å². The van der Waals surface area contributed by atoms with E-state index in [1.807, 2.05) is 30.3 Å². The lowest BCUT2D eigenvalue weighted by atomic mass is 10.2. The van der Waals surface area contributed by atoms with E-state index in [-0.39, 0.29) is 65.7 Å². The van der Waals surface area contributed by atoms with E-state index >= 15 is 0 Å². The topological polar surface area (TPSA) is 136 Å². The number of halogens is 3. The van der Waals surface area contributed by atoms with Crippen LogP contribution in [0.25, 0.3) is 11.2 Å². The smallest absolute Gasteiger partial charge is 0.417 e. The largest absolute Gasteiger partial charge is 0.454 e. The molecule has 14 heteroatoms. The SMILES string of the molecule is Cn1c(Nc2cc(C(F)(F)F)cn(CCOCc3ccccc3)c2=O)nc2ncc(Oc3cccc(NC(=O)C4CC4)c3)c(C#N)c21. The Hall–Kier alpha value is -5.68. The van der Waals surface area contributed by atoms with Crippen molar-refractivity contribution in [3.05, 3.63) is 100 Å². The van der Waals surface area contributed by atoms with Crippen molar-refractivity contribution in [3.8, 4) is 17.6 Å². The minimum Gasteiger partial charge on any atom is -0.454 e. The number of fused-ring (bicyclic) bond motifs is 1. The molecule has 5 aromatic rings. The third kappa shape index (κ3) is 7.10. The highest BCUT2D eigenvalue weighted by Crippen LogP contribution is 2.34. The number of nitrogens with zero attached hydrogens (tertiary/aromatic N) is 5. The van der Waals surface area contributed by atoms with E-state index in [2.05, 4.69) is 26.7 Å². The summed E-state index contributed by atoms with van der Waals surface area (Å²) in [6.45, 7) is 0.108. The molecule has 1 saturated carbocycles. The number of imidazole rings is 1. The van der Waals surface area contributed by atoms with Crippen molar-refractivity contribution in [1.29, 1.82) is 5.26 Å². The van der Waals surface area contributed by atoms with Gasteiger partial charge in [-0.1, -0.05) is 36.4 Å². The Labute approximate surface area is 266 Å². The second-order valence-corrected chi connectivity index (χ2v) is 11.0. The van der Waals surface area contributed by atoms with E-state index in [0.717, 1.165) is 29.2 Å². The van der Waals surface area contributed by atoms with Crippen molar-refractivity contribution in [2.45, 2.75) is 32.2 Å². The number of rotatable bonds is 11. The summed E-state index contributed by atoms with van der Waals surface area (Å²) < 4.78 is 55.4. The summed E-state index contributed by atoms with van der Waals surface area (Å²) in [6, 6.07) is 18.7. The van der Waals surface area contributed by atoms with Gasteiger partial charge in [-0.2, -0.15) is 23.4 Å². The molecule has 0 bridgehead atoms. The second kappa shape index (κ2) is 13.0. The summed E-state index contributed by atoms with van der Waals surface area (Å²) in [5, 5.41) is 15.6. The van der Waals surface area contributed by atoms with Crippen molar-refractivity contribution in [2.24, 2.45) is 13.0 Å². The Morgan fingerprint density at radius 3 is 2.64 bits per heavy atom. The van der Waals surface area contributed by atoms with Gasteiger partial charge in [-0.3, -0.25) is 9.59 Å². The Morgan fingerprint density at radius 1 is 1.13 bits per heavy atom. The zero-order valence-corrected chi connectivity index (χ0v) is 25.0. The zero-order chi connectivity index (χ0) is 33.1. The highest BCUT2D eigenvalue weighted by Gasteiger charge is 2.33. The fraction of sp³-hybridized carbons (Fsp3) is 0.242. The van der Waals surface area contributed by atoms with Crippen LogP contribution in [0.4, 0.5) is 30.5 Å². The third-order valence-electron chi connectivity index (χ3n) is 7.50. The van der Waals surface area contributed by atoms with Crippen LogP contribution in [-0.4, -0.2) is 31.6 Å². The number of amides is 1. The van der Waals surface area contributed by atoms with Crippen LogP contribution in [-0.2, 0) is 35.9 Å². The second-order valence-electron chi connectivity index (χ2n) is 11.0. The highest BCUT2D eigenvalue weighted by atomic mass is 19.4. The van der Waals surface area contributed by atoms with Crippen molar-refractivity contribution >= 4 is 34.4 Å². The normalized spacial score (nSPS) is 12.9. The molecular weight excluding hydrogens is 615 g/mol. The Bertz CT molecular complexity index is 2050. The molecule has 0 atom stereocenters. The number of ether oxygens (including phenoxy) is 2. The molecule has 1 amide bonds. The van der Waals surface area contributed by atoms with Crippen molar-refractivity contribution < 1.29 is 27.4 Å². The minimum atomic E-state index is -4.73. The molecule has 0 unspecified atom stereocenters. The van der Waals surface area contributed by atoms with E-state index in [9.17, 15) is 28.0 Å². The number of aryl methyl sites for hydroxylation is 1. The monoisotopic (exact) mass is 643 g/mol. The van der Waals surface area contributed by atoms with Gasteiger partial charge >= 0.3 is 6.18 Å². The number of anilines is 3. The quantitative estimate of drug-likeness (QED) is 0.164. The molecule has 47 heavy (non-hydrogen) atoms. The molecule has 0 radical (unpaired) electrons. The van der Waals surface area contributed by atoms with Crippen LogP contribution >= 0.6 is 0 Å². The molecule has 1 aliphatic carbocycles. The number of hydrogen-bond acceptors (Lipinski definition) is 8. The maximum Gasteiger partial charge on any atom is 0.417 e. The fourth-order valence-corrected chi connectivity index (χ4v) is 4.90. The Morgan fingerprint density at radius 2 is 1.91 bits per heavy atom. The molecular formula is C33H28F3N7O4. The molecule has 3 heterocycles. The first kappa shape index (κ1) is 31.3. The molecule has 2 aromatic carbocycles. The van der Waals surface area contributed by atoms with E-state index < -0.39 is 17.3 Å². The number of pyridine rings is 2. The predicted molar refractivity (Wildman–Crippen MR) is 166 cm³/mol. The molecule has 1 fully saturated rings. The molecule has 0 saturated heterocycles. The first-order chi connectivity index (χ1) is 22.6. The summed E-state index contributed by atoms with van der Waals surface area (Å²) in [5.74, 6) is 0.365. The maximum atomic E-state index is 13.8. The standard InChI is InChI=1S/C33H28F3N7O4/c1-42-28-25(16-37)27(47-24-9-5-8-23(15-24)39-30(44)21-10-11-21)17-38-29(28)41-32(42)40-26-14-22(33(34,35)36)18-43(31(26)45)12-13-46-19-20-6-3-2-4-7-20/h2-9,14-15,17-18,21H,10-13,19H2,1H3,(H,39,44)(H,38,40,41). The molecule has 240 valence electrons. The van der Waals surface area contributed by atoms with Crippen LogP contribution in [0.3, 0.4) is 0 Å². The average molecular weight is 644 g/mol. The van der Waals surface area contributed by atoms with E-state index in [4.69, 9.17) is 9.47 Å². The van der Waals surface area contributed by atoms with E-state index in [1.54, 1.807) is 24.3 Å². The number of benzene rings is 2. The number of aromatic nitrogens is 4. The molecule has 0 spiro atoms. The lowest BCUT2D eigenvalue weighted by molar-refractivity contribution is -0.138. The van der Waals surface area contributed by atoms with Gasteiger partial charge in [0.2, 0.25) is 11.9 Å². The van der Waals surface area contributed by atoms with Gasteiger partial charge in [0, 0.05) is 37.5 Å². The van der Waals surface area contributed by atoms with Crippen LogP contribution in [0.1, 0.15) is 29.5 Å². The van der Waals surface area contributed by atoms with Crippen molar-refractivity contribution in [1.82, 2.24) is 19.1 Å². The van der Waals surface area contributed by atoms with Gasteiger partial charge in [0.05, 0.1) is 25.0 Å². The fourth-order valence-electron chi connectivity index (χ4n) is 4.90. The minimum absolute atomic E-state index is 0.00410. The zero-order valence-electron chi connectivity index (χ0n) is 25.0. The van der Waals surface area contributed by atoms with Crippen molar-refractivity contribution in [2.75, 3.05) is 17.2 Å². The van der Waals surface area contributed by atoms with Crippen molar-refractivity contribution in [3.63, 3.8) is 0 Å². The number of nitriles is 1. The molecule has 0 aliphatic heterocycles. The number of hydrogen-bond donors (Lipinski definition) is 2. The van der Waals surface area contributed by atoms with E-state index in [0.29, 0.717) is 17.5 Å². The Balaban J connectivity index is 1.25. The number of carbonyl (C=O) groups is 1. The van der Waals surface area contributed by atoms with Gasteiger partial charge in [0.25, 0.3) is 5.56 Å². The number of nitrogens with one attached hydrogen (secondary N) is 2. The summed E-state index contributed by atoms with van der Waals surface area (Å²) >= 11 is 0. The van der Waals surface area contributed by atoms with Crippen LogP contribution in [0.2, 0.25) is 0 Å². The summed E-state index contributed by atoms with van der Waals surface area (Å²) in [4.78, 5) is 34.1. The summed E-state index contributed by atoms with van der Waals surface area (Å²) in [5.41, 5.74) is -0.323. The lowest BCUT2D eigenvalue weighted by Gasteiger charge is -2.15.